The summed E-state index contributed by atoms with van der Waals surface area (Å²) in [5.41, 5.74) is 4.09. The minimum absolute atomic E-state index is 0. The maximum atomic E-state index is 13.3. The van der Waals surface area contributed by atoms with E-state index in [9.17, 15) is 17.6 Å². The standard InChI is InChI=1S/C9H8BrF4NO.ClH/c10-4-1-5(11)7(6(12)2-4)8(15)9(13,14)3-16;/h1-2,8,16H,3,15H2;1H/t8-;/m0./s1. The summed E-state index contributed by atoms with van der Waals surface area (Å²) in [6.45, 7) is -1.58. The van der Waals surface area contributed by atoms with Gasteiger partial charge in [-0.3, -0.25) is 0 Å². The zero-order valence-electron chi connectivity index (χ0n) is 8.26. The highest BCUT2D eigenvalue weighted by Gasteiger charge is 2.40. The molecule has 0 spiro atoms. The molecule has 1 aromatic rings. The molecule has 0 saturated heterocycles. The second-order valence-corrected chi connectivity index (χ2v) is 4.10. The number of aliphatic hydroxyl groups excluding tert-OH is 1. The first-order chi connectivity index (χ1) is 7.29. The molecule has 0 bridgehead atoms. The van der Waals surface area contributed by atoms with Crippen molar-refractivity contribution in [2.75, 3.05) is 6.61 Å². The van der Waals surface area contributed by atoms with E-state index in [4.69, 9.17) is 10.8 Å². The van der Waals surface area contributed by atoms with Crippen LogP contribution in [0.5, 0.6) is 0 Å². The lowest BCUT2D eigenvalue weighted by atomic mass is 10.0. The smallest absolute Gasteiger partial charge is 0.289 e. The summed E-state index contributed by atoms with van der Waals surface area (Å²) in [7, 11) is 0. The first kappa shape index (κ1) is 16.6. The van der Waals surface area contributed by atoms with Crippen LogP contribution >= 0.6 is 28.3 Å². The van der Waals surface area contributed by atoms with Crippen molar-refractivity contribution in [2.45, 2.75) is 12.0 Å². The molecular weight excluding hydrogens is 329 g/mol. The van der Waals surface area contributed by atoms with Gasteiger partial charge in [-0.15, -0.1) is 12.4 Å². The second-order valence-electron chi connectivity index (χ2n) is 3.18. The Morgan fingerprint density at radius 1 is 1.29 bits per heavy atom. The highest BCUT2D eigenvalue weighted by Crippen LogP contribution is 2.33. The van der Waals surface area contributed by atoms with Gasteiger partial charge >= 0.3 is 0 Å². The molecule has 0 amide bonds. The van der Waals surface area contributed by atoms with Crippen LogP contribution < -0.4 is 5.73 Å². The number of hydrogen-bond acceptors (Lipinski definition) is 2. The number of hydrogen-bond donors (Lipinski definition) is 2. The van der Waals surface area contributed by atoms with E-state index in [1.165, 1.54) is 0 Å². The fourth-order valence-corrected chi connectivity index (χ4v) is 1.56. The van der Waals surface area contributed by atoms with E-state index in [1.807, 2.05) is 0 Å². The molecule has 8 heteroatoms. The van der Waals surface area contributed by atoms with Gasteiger partial charge in [0, 0.05) is 10.0 Å². The number of benzene rings is 1. The highest BCUT2D eigenvalue weighted by molar-refractivity contribution is 9.10. The molecule has 0 aromatic heterocycles. The van der Waals surface area contributed by atoms with Crippen molar-refractivity contribution < 1.29 is 22.7 Å². The van der Waals surface area contributed by atoms with E-state index in [1.54, 1.807) is 0 Å². The van der Waals surface area contributed by atoms with E-state index < -0.39 is 35.8 Å². The van der Waals surface area contributed by atoms with E-state index >= 15 is 0 Å². The van der Waals surface area contributed by atoms with Gasteiger partial charge in [0.1, 0.15) is 24.3 Å². The average molecular weight is 339 g/mol. The summed E-state index contributed by atoms with van der Waals surface area (Å²) in [6, 6.07) is -0.581. The monoisotopic (exact) mass is 337 g/mol. The molecule has 17 heavy (non-hydrogen) atoms. The Hall–Kier alpha value is -0.370. The SMILES string of the molecule is Cl.N[C@@H](c1c(F)cc(Br)cc1F)C(F)(F)CO. The topological polar surface area (TPSA) is 46.2 Å². The Kier molecular flexibility index (Phi) is 5.86. The average Bonchev–Trinajstić information content (AvgIpc) is 2.15. The Balaban J connectivity index is 0.00000256. The van der Waals surface area contributed by atoms with Crippen LogP contribution in [-0.2, 0) is 0 Å². The summed E-state index contributed by atoms with van der Waals surface area (Å²) in [5, 5.41) is 8.38. The Labute approximate surface area is 109 Å². The van der Waals surface area contributed by atoms with Gasteiger partial charge in [-0.1, -0.05) is 15.9 Å². The minimum atomic E-state index is -3.78. The zero-order chi connectivity index (χ0) is 12.5. The van der Waals surface area contributed by atoms with E-state index in [0.717, 1.165) is 12.1 Å². The number of aliphatic hydroxyl groups is 1. The van der Waals surface area contributed by atoms with Crippen molar-refractivity contribution in [3.05, 3.63) is 33.8 Å². The largest absolute Gasteiger partial charge is 0.390 e. The van der Waals surface area contributed by atoms with Crippen LogP contribution in [0.15, 0.2) is 16.6 Å². The van der Waals surface area contributed by atoms with Crippen molar-refractivity contribution in [1.82, 2.24) is 0 Å². The quantitative estimate of drug-likeness (QED) is 0.833. The van der Waals surface area contributed by atoms with Gasteiger partial charge < -0.3 is 10.8 Å². The van der Waals surface area contributed by atoms with Crippen molar-refractivity contribution >= 4 is 28.3 Å². The van der Waals surface area contributed by atoms with E-state index in [2.05, 4.69) is 15.9 Å². The van der Waals surface area contributed by atoms with Gasteiger partial charge in [0.15, 0.2) is 0 Å². The lowest BCUT2D eigenvalue weighted by Gasteiger charge is -2.22. The molecule has 0 aliphatic heterocycles. The van der Waals surface area contributed by atoms with E-state index in [0.29, 0.717) is 0 Å². The molecule has 1 rings (SSSR count). The summed E-state index contributed by atoms with van der Waals surface area (Å²) in [6.07, 6.45) is 0. The van der Waals surface area contributed by atoms with Crippen LogP contribution in [0.25, 0.3) is 0 Å². The molecule has 3 N–H and O–H groups in total. The molecule has 0 fully saturated rings. The third-order valence-electron chi connectivity index (χ3n) is 2.02. The van der Waals surface area contributed by atoms with Crippen molar-refractivity contribution in [3.8, 4) is 0 Å². The van der Waals surface area contributed by atoms with Gasteiger partial charge in [-0.05, 0) is 12.1 Å². The molecule has 1 aromatic carbocycles. The molecule has 0 unspecified atom stereocenters. The summed E-state index contributed by atoms with van der Waals surface area (Å²) in [5.74, 6) is -6.16. The molecule has 1 atom stereocenters. The number of halogens is 6. The Bertz CT molecular complexity index is 382. The molecule has 0 saturated carbocycles. The molecule has 0 aliphatic rings. The number of nitrogens with two attached hydrogens (primary N) is 1. The van der Waals surface area contributed by atoms with Gasteiger partial charge in [0.25, 0.3) is 5.92 Å². The fourth-order valence-electron chi connectivity index (χ4n) is 1.16. The summed E-state index contributed by atoms with van der Waals surface area (Å²) < 4.78 is 52.5. The molecule has 0 heterocycles. The molecular formula is C9H9BrClF4NO. The van der Waals surface area contributed by atoms with Crippen LogP contribution in [0.2, 0.25) is 0 Å². The predicted molar refractivity (Wildman–Crippen MR) is 60.3 cm³/mol. The Morgan fingerprint density at radius 3 is 2.06 bits per heavy atom. The normalized spacial score (nSPS) is 13.1. The first-order valence-corrected chi connectivity index (χ1v) is 4.97. The van der Waals surface area contributed by atoms with Gasteiger partial charge in [-0.25, -0.2) is 17.6 Å². The van der Waals surface area contributed by atoms with Gasteiger partial charge in [-0.2, -0.15) is 0 Å². The van der Waals surface area contributed by atoms with Gasteiger partial charge in [0.05, 0.1) is 0 Å². The number of alkyl halides is 2. The third-order valence-corrected chi connectivity index (χ3v) is 2.48. The lowest BCUT2D eigenvalue weighted by molar-refractivity contribution is -0.0726. The minimum Gasteiger partial charge on any atom is -0.390 e. The second kappa shape index (κ2) is 5.99. The molecule has 0 radical (unpaired) electrons. The van der Waals surface area contributed by atoms with Crippen molar-refractivity contribution in [3.63, 3.8) is 0 Å². The molecule has 98 valence electrons. The number of rotatable bonds is 3. The summed E-state index contributed by atoms with van der Waals surface area (Å²) >= 11 is 2.81. The molecule has 2 nitrogen and oxygen atoms in total. The zero-order valence-corrected chi connectivity index (χ0v) is 10.7. The van der Waals surface area contributed by atoms with Crippen LogP contribution in [0.4, 0.5) is 17.6 Å². The highest BCUT2D eigenvalue weighted by atomic mass is 79.9. The first-order valence-electron chi connectivity index (χ1n) is 4.18. The van der Waals surface area contributed by atoms with Crippen LogP contribution in [0.3, 0.4) is 0 Å². The predicted octanol–water partition coefficient (Wildman–Crippen LogP) is 2.78. The lowest BCUT2D eigenvalue weighted by Crippen LogP contribution is -2.37. The van der Waals surface area contributed by atoms with Crippen LogP contribution in [0.1, 0.15) is 11.6 Å². The maximum absolute atomic E-state index is 13.3. The third kappa shape index (κ3) is 3.54. The van der Waals surface area contributed by atoms with Gasteiger partial charge in [0.2, 0.25) is 0 Å². The maximum Gasteiger partial charge on any atom is 0.289 e. The van der Waals surface area contributed by atoms with Crippen molar-refractivity contribution in [1.29, 1.82) is 0 Å². The summed E-state index contributed by atoms with van der Waals surface area (Å²) in [4.78, 5) is 0. The van der Waals surface area contributed by atoms with Crippen molar-refractivity contribution in [2.24, 2.45) is 5.73 Å². The fraction of sp³-hybridized carbons (Fsp3) is 0.333. The Morgan fingerprint density at radius 2 is 1.71 bits per heavy atom. The van der Waals surface area contributed by atoms with Crippen LogP contribution in [-0.4, -0.2) is 17.6 Å². The molecule has 0 aliphatic carbocycles. The van der Waals surface area contributed by atoms with E-state index in [-0.39, 0.29) is 16.9 Å². The van der Waals surface area contributed by atoms with Crippen LogP contribution in [0, 0.1) is 11.6 Å².